The summed E-state index contributed by atoms with van der Waals surface area (Å²) >= 11 is 0. The third-order valence-corrected chi connectivity index (χ3v) is 3.52. The summed E-state index contributed by atoms with van der Waals surface area (Å²) in [5.41, 5.74) is 0. The highest BCUT2D eigenvalue weighted by Crippen LogP contribution is 2.29. The van der Waals surface area contributed by atoms with Gasteiger partial charge in [-0.1, -0.05) is 0 Å². The quantitative estimate of drug-likeness (QED) is 0.627. The van der Waals surface area contributed by atoms with Gasteiger partial charge in [-0.05, 0) is 19.3 Å². The van der Waals surface area contributed by atoms with Crippen LogP contribution < -0.4 is 5.32 Å². The summed E-state index contributed by atoms with van der Waals surface area (Å²) in [6.45, 7) is 0.329. The lowest BCUT2D eigenvalue weighted by molar-refractivity contribution is -0.140. The smallest absolute Gasteiger partial charge is 0.328 e. The normalized spacial score (nSPS) is 28.6. The number of hydrogen-bond donors (Lipinski definition) is 3. The maximum Gasteiger partial charge on any atom is 0.328 e. The van der Waals surface area contributed by atoms with Gasteiger partial charge in [0.15, 0.2) is 6.04 Å². The molecule has 7 heteroatoms. The first-order valence-electron chi connectivity index (χ1n) is 6.16. The molecule has 2 amide bonds. The second kappa shape index (κ2) is 5.53. The van der Waals surface area contributed by atoms with E-state index in [0.29, 0.717) is 13.2 Å². The number of urea groups is 1. The van der Waals surface area contributed by atoms with Gasteiger partial charge in [0, 0.05) is 6.54 Å². The number of amides is 2. The summed E-state index contributed by atoms with van der Waals surface area (Å²) in [6, 6.07) is -1.65. The van der Waals surface area contributed by atoms with E-state index in [9.17, 15) is 9.59 Å². The topological polar surface area (TPSA) is 99.1 Å². The fraction of sp³-hybridized carbons (Fsp3) is 0.818. The lowest BCUT2D eigenvalue weighted by Crippen LogP contribution is -2.57. The van der Waals surface area contributed by atoms with Crippen LogP contribution in [0.2, 0.25) is 0 Å². The first-order valence-corrected chi connectivity index (χ1v) is 6.16. The lowest BCUT2D eigenvalue weighted by atomic mass is 10.1. The van der Waals surface area contributed by atoms with E-state index >= 15 is 0 Å². The molecule has 0 aromatic heterocycles. The van der Waals surface area contributed by atoms with Crippen LogP contribution in [0, 0.1) is 0 Å². The van der Waals surface area contributed by atoms with E-state index < -0.39 is 24.6 Å². The molecule has 1 aliphatic carbocycles. The molecule has 0 aromatic carbocycles. The molecule has 102 valence electrons. The fourth-order valence-corrected chi connectivity index (χ4v) is 2.60. The summed E-state index contributed by atoms with van der Waals surface area (Å²) in [4.78, 5) is 24.4. The van der Waals surface area contributed by atoms with Crippen LogP contribution in [-0.4, -0.2) is 65.1 Å². The van der Waals surface area contributed by atoms with E-state index in [1.807, 2.05) is 0 Å². The van der Waals surface area contributed by atoms with Crippen molar-refractivity contribution < 1.29 is 24.5 Å². The Bertz CT molecular complexity index is 335. The number of aliphatic hydroxyl groups excluding tert-OH is 1. The molecule has 0 radical (unpaired) electrons. The van der Waals surface area contributed by atoms with Crippen molar-refractivity contribution in [3.63, 3.8) is 0 Å². The monoisotopic (exact) mass is 258 g/mol. The second-order valence-electron chi connectivity index (χ2n) is 4.62. The van der Waals surface area contributed by atoms with Gasteiger partial charge in [0.2, 0.25) is 0 Å². The van der Waals surface area contributed by atoms with Crippen molar-refractivity contribution in [2.45, 2.75) is 37.5 Å². The molecular formula is C11H18N2O5. The second-order valence-corrected chi connectivity index (χ2v) is 4.62. The molecule has 1 saturated heterocycles. The van der Waals surface area contributed by atoms with E-state index in [1.165, 1.54) is 0 Å². The van der Waals surface area contributed by atoms with Crippen LogP contribution in [0.25, 0.3) is 0 Å². The zero-order chi connectivity index (χ0) is 13.1. The Morgan fingerprint density at radius 3 is 2.89 bits per heavy atom. The van der Waals surface area contributed by atoms with E-state index in [4.69, 9.17) is 14.9 Å². The highest BCUT2D eigenvalue weighted by molar-refractivity contribution is 5.82. The summed E-state index contributed by atoms with van der Waals surface area (Å²) in [5, 5.41) is 20.0. The number of carboxylic acid groups (broad SMARTS) is 1. The van der Waals surface area contributed by atoms with Gasteiger partial charge in [-0.15, -0.1) is 0 Å². The van der Waals surface area contributed by atoms with Gasteiger partial charge < -0.3 is 25.2 Å². The van der Waals surface area contributed by atoms with Gasteiger partial charge in [0.05, 0.1) is 25.4 Å². The predicted octanol–water partition coefficient (Wildman–Crippen LogP) is -0.605. The maximum atomic E-state index is 12.0. The highest BCUT2D eigenvalue weighted by Gasteiger charge is 2.39. The van der Waals surface area contributed by atoms with Gasteiger partial charge in [-0.25, -0.2) is 9.59 Å². The zero-order valence-electron chi connectivity index (χ0n) is 10.0. The Balaban J connectivity index is 1.97. The maximum absolute atomic E-state index is 12.0. The van der Waals surface area contributed by atoms with Crippen LogP contribution in [0.1, 0.15) is 19.3 Å². The molecule has 18 heavy (non-hydrogen) atoms. The molecule has 0 spiro atoms. The summed E-state index contributed by atoms with van der Waals surface area (Å²) in [7, 11) is 0. The van der Waals surface area contributed by atoms with Gasteiger partial charge in [-0.3, -0.25) is 0 Å². The van der Waals surface area contributed by atoms with E-state index in [1.54, 1.807) is 4.90 Å². The van der Waals surface area contributed by atoms with E-state index in [2.05, 4.69) is 5.32 Å². The number of carboxylic acids is 1. The van der Waals surface area contributed by atoms with E-state index in [0.717, 1.165) is 19.3 Å². The Hall–Kier alpha value is -1.34. The molecule has 2 unspecified atom stereocenters. The molecule has 0 aromatic rings. The highest BCUT2D eigenvalue weighted by atomic mass is 16.5. The minimum atomic E-state index is -1.25. The number of hydrogen-bond acceptors (Lipinski definition) is 4. The SMILES string of the molecule is O=C(O)[C@H](CO)NC(=O)N1CCOC2CCCC21. The van der Waals surface area contributed by atoms with Crippen LogP contribution in [0.15, 0.2) is 0 Å². The van der Waals surface area contributed by atoms with Crippen LogP contribution >= 0.6 is 0 Å². The molecule has 0 bridgehead atoms. The molecule has 2 fully saturated rings. The van der Waals surface area contributed by atoms with Crippen LogP contribution in [0.4, 0.5) is 4.79 Å². The van der Waals surface area contributed by atoms with E-state index in [-0.39, 0.29) is 12.1 Å². The minimum absolute atomic E-state index is 0.0342. The number of rotatable bonds is 3. The largest absolute Gasteiger partial charge is 0.480 e. The molecule has 1 saturated carbocycles. The number of nitrogens with one attached hydrogen (secondary N) is 1. The Labute approximate surface area is 105 Å². The van der Waals surface area contributed by atoms with Crippen LogP contribution in [0.3, 0.4) is 0 Å². The molecular weight excluding hydrogens is 240 g/mol. The van der Waals surface area contributed by atoms with Crippen molar-refractivity contribution in [1.29, 1.82) is 0 Å². The first kappa shape index (κ1) is 13.1. The van der Waals surface area contributed by atoms with Crippen molar-refractivity contribution in [1.82, 2.24) is 10.2 Å². The Morgan fingerprint density at radius 1 is 1.44 bits per heavy atom. The number of carbonyl (C=O) groups excluding carboxylic acids is 1. The number of nitrogens with zero attached hydrogens (tertiary/aromatic N) is 1. The Morgan fingerprint density at radius 2 is 2.22 bits per heavy atom. The molecule has 1 heterocycles. The van der Waals surface area contributed by atoms with Crippen LogP contribution in [-0.2, 0) is 9.53 Å². The number of fused-ring (bicyclic) bond motifs is 1. The summed E-state index contributed by atoms with van der Waals surface area (Å²) in [5.74, 6) is -1.23. The molecule has 1 aliphatic heterocycles. The van der Waals surface area contributed by atoms with Gasteiger partial charge >= 0.3 is 12.0 Å². The minimum Gasteiger partial charge on any atom is -0.480 e. The fourth-order valence-electron chi connectivity index (χ4n) is 2.60. The molecule has 3 N–H and O–H groups in total. The van der Waals surface area contributed by atoms with Crippen molar-refractivity contribution in [2.75, 3.05) is 19.8 Å². The molecule has 3 atom stereocenters. The third kappa shape index (κ3) is 2.56. The van der Waals surface area contributed by atoms with Gasteiger partial charge in [0.1, 0.15) is 0 Å². The number of ether oxygens (including phenoxy) is 1. The Kier molecular flexibility index (Phi) is 4.03. The lowest BCUT2D eigenvalue weighted by Gasteiger charge is -2.38. The number of aliphatic carboxylic acids is 1. The summed E-state index contributed by atoms with van der Waals surface area (Å²) in [6.07, 6.45) is 2.91. The molecule has 2 aliphatic rings. The zero-order valence-corrected chi connectivity index (χ0v) is 10.0. The van der Waals surface area contributed by atoms with Gasteiger partial charge in [-0.2, -0.15) is 0 Å². The standard InChI is InChI=1S/C11H18N2O5/c14-6-7(10(15)16)12-11(17)13-4-5-18-9-3-1-2-8(9)13/h7-9,14H,1-6H2,(H,12,17)(H,15,16)/t7-,8?,9?/m0/s1. The summed E-state index contributed by atoms with van der Waals surface area (Å²) < 4.78 is 5.57. The number of aliphatic hydroxyl groups is 1. The third-order valence-electron chi connectivity index (χ3n) is 3.52. The van der Waals surface area contributed by atoms with Crippen molar-refractivity contribution in [2.24, 2.45) is 0 Å². The van der Waals surface area contributed by atoms with Crippen molar-refractivity contribution >= 4 is 12.0 Å². The van der Waals surface area contributed by atoms with Gasteiger partial charge in [0.25, 0.3) is 0 Å². The average molecular weight is 258 g/mol. The number of carbonyl (C=O) groups is 2. The molecule has 7 nitrogen and oxygen atoms in total. The van der Waals surface area contributed by atoms with Crippen molar-refractivity contribution in [3.05, 3.63) is 0 Å². The van der Waals surface area contributed by atoms with Crippen LogP contribution in [0.5, 0.6) is 0 Å². The predicted molar refractivity (Wildman–Crippen MR) is 61.1 cm³/mol. The average Bonchev–Trinajstić information content (AvgIpc) is 2.82. The number of morpholine rings is 1. The first-order chi connectivity index (χ1) is 8.63. The molecule has 2 rings (SSSR count). The van der Waals surface area contributed by atoms with Crippen molar-refractivity contribution in [3.8, 4) is 0 Å².